The molecule has 0 nitrogen and oxygen atoms in total. The predicted octanol–water partition coefficient (Wildman–Crippen LogP) is 6.44. The Bertz CT molecular complexity index is 790. The molecule has 0 aliphatic carbocycles. The van der Waals surface area contributed by atoms with Crippen LogP contribution < -0.4 is 0 Å². The molecule has 0 bridgehead atoms. The molecule has 102 valence electrons. The summed E-state index contributed by atoms with van der Waals surface area (Å²) in [7, 11) is 0. The Morgan fingerprint density at radius 3 is 2.00 bits per heavy atom. The van der Waals surface area contributed by atoms with Crippen molar-refractivity contribution in [2.45, 2.75) is 18.7 Å². The molecule has 0 heterocycles. The van der Waals surface area contributed by atoms with Crippen molar-refractivity contribution >= 4 is 53.4 Å². The Morgan fingerprint density at radius 2 is 1.40 bits per heavy atom. The van der Waals surface area contributed by atoms with Gasteiger partial charge >= 0.3 is 0 Å². The monoisotopic (exact) mass is 390 g/mol. The fourth-order valence-corrected chi connectivity index (χ4v) is 3.57. The summed E-state index contributed by atoms with van der Waals surface area (Å²) >= 11 is 7.26. The lowest BCUT2D eigenvalue weighted by molar-refractivity contribution is 1.16. The maximum Gasteiger partial charge on any atom is 0.0492 e. The van der Waals surface area contributed by atoms with Crippen molar-refractivity contribution in [3.05, 3.63) is 59.2 Å². The van der Waals surface area contributed by atoms with E-state index < -0.39 is 0 Å². The second-order valence-corrected chi connectivity index (χ2v) is 6.98. The molecule has 0 aliphatic heterocycles. The molecule has 0 fully saturated rings. The highest BCUT2D eigenvalue weighted by molar-refractivity contribution is 9.12. The Labute approximate surface area is 136 Å². The highest BCUT2D eigenvalue weighted by Crippen LogP contribution is 2.35. The average Bonchev–Trinajstić information content (AvgIpc) is 2.51. The fraction of sp³-hybridized carbons (Fsp3) is 0.222. The van der Waals surface area contributed by atoms with E-state index in [0.29, 0.717) is 4.83 Å². The van der Waals surface area contributed by atoms with Crippen LogP contribution >= 0.6 is 31.9 Å². The molecule has 1 unspecified atom stereocenters. The van der Waals surface area contributed by atoms with Gasteiger partial charge in [-0.15, -0.1) is 0 Å². The molecule has 0 N–H and O–H groups in total. The first-order valence-corrected chi connectivity index (χ1v) is 8.78. The molecule has 0 saturated heterocycles. The van der Waals surface area contributed by atoms with Crippen LogP contribution in [0, 0.1) is 13.8 Å². The highest BCUT2D eigenvalue weighted by atomic mass is 79.9. The quantitative estimate of drug-likeness (QED) is 0.348. The van der Waals surface area contributed by atoms with Gasteiger partial charge in [-0.25, -0.2) is 0 Å². The fourth-order valence-electron chi connectivity index (χ4n) is 2.91. The maximum atomic E-state index is 3.72. The molecule has 0 radical (unpaired) electrons. The normalized spacial score (nSPS) is 13.0. The highest BCUT2D eigenvalue weighted by Gasteiger charge is 2.11. The lowest BCUT2D eigenvalue weighted by Gasteiger charge is -2.14. The second kappa shape index (κ2) is 5.50. The van der Waals surface area contributed by atoms with Crippen LogP contribution in [0.5, 0.6) is 0 Å². The zero-order valence-electron chi connectivity index (χ0n) is 11.6. The summed E-state index contributed by atoms with van der Waals surface area (Å²) in [6.07, 6.45) is 0. The van der Waals surface area contributed by atoms with Crippen molar-refractivity contribution in [1.82, 2.24) is 0 Å². The molecule has 0 spiro atoms. The van der Waals surface area contributed by atoms with Crippen molar-refractivity contribution in [3.8, 4) is 0 Å². The minimum Gasteiger partial charge on any atom is -0.0912 e. The van der Waals surface area contributed by atoms with E-state index in [0.717, 1.165) is 5.33 Å². The van der Waals surface area contributed by atoms with Gasteiger partial charge in [0.05, 0.1) is 0 Å². The van der Waals surface area contributed by atoms with E-state index >= 15 is 0 Å². The third-order valence-corrected chi connectivity index (χ3v) is 6.45. The number of alkyl halides is 2. The van der Waals surface area contributed by atoms with Crippen LogP contribution in [0.25, 0.3) is 21.5 Å². The van der Waals surface area contributed by atoms with Gasteiger partial charge in [0, 0.05) is 10.2 Å². The maximum absolute atomic E-state index is 3.72. The van der Waals surface area contributed by atoms with Crippen LogP contribution in [0.3, 0.4) is 0 Å². The Balaban J connectivity index is 2.40. The van der Waals surface area contributed by atoms with Crippen molar-refractivity contribution in [3.63, 3.8) is 0 Å². The summed E-state index contributed by atoms with van der Waals surface area (Å²) in [5, 5.41) is 6.37. The van der Waals surface area contributed by atoms with Crippen molar-refractivity contribution in [2.24, 2.45) is 0 Å². The molecule has 2 heteroatoms. The van der Waals surface area contributed by atoms with E-state index in [1.807, 2.05) is 0 Å². The smallest absolute Gasteiger partial charge is 0.0492 e. The van der Waals surface area contributed by atoms with Crippen LogP contribution in [0.15, 0.2) is 42.5 Å². The summed E-state index contributed by atoms with van der Waals surface area (Å²) in [4.78, 5) is 0.359. The lowest BCUT2D eigenvalue weighted by Crippen LogP contribution is -1.93. The zero-order valence-corrected chi connectivity index (χ0v) is 14.8. The molecular weight excluding hydrogens is 376 g/mol. The summed E-state index contributed by atoms with van der Waals surface area (Å²) in [6.45, 7) is 4.45. The van der Waals surface area contributed by atoms with Gasteiger partial charge in [-0.05, 0) is 58.1 Å². The third-order valence-electron chi connectivity index (χ3n) is 4.08. The summed E-state index contributed by atoms with van der Waals surface area (Å²) in [6, 6.07) is 15.5. The minimum atomic E-state index is 0.359. The van der Waals surface area contributed by atoms with Gasteiger partial charge in [0.25, 0.3) is 0 Å². The van der Waals surface area contributed by atoms with Gasteiger partial charge in [0.15, 0.2) is 0 Å². The van der Waals surface area contributed by atoms with Crippen LogP contribution in [0.2, 0.25) is 0 Å². The van der Waals surface area contributed by atoms with E-state index in [-0.39, 0.29) is 0 Å². The number of rotatable bonds is 2. The first kappa shape index (κ1) is 14.1. The van der Waals surface area contributed by atoms with Gasteiger partial charge in [0.2, 0.25) is 0 Å². The SMILES string of the molecule is Cc1c2ccccc2c(C)c2cc(C(Br)CBr)ccc12. The molecule has 3 rings (SSSR count). The third kappa shape index (κ3) is 2.19. The van der Waals surface area contributed by atoms with Crippen LogP contribution in [-0.4, -0.2) is 5.33 Å². The van der Waals surface area contributed by atoms with Crippen LogP contribution in [0.1, 0.15) is 21.5 Å². The largest absolute Gasteiger partial charge is 0.0912 e. The van der Waals surface area contributed by atoms with Crippen molar-refractivity contribution < 1.29 is 0 Å². The number of hydrogen-bond donors (Lipinski definition) is 0. The molecule has 1 atom stereocenters. The molecule has 0 aliphatic rings. The van der Waals surface area contributed by atoms with Gasteiger partial charge in [-0.3, -0.25) is 0 Å². The number of fused-ring (bicyclic) bond motifs is 2. The minimum absolute atomic E-state index is 0.359. The standard InChI is InChI=1S/C18H16Br2/c1-11-14-5-3-4-6-15(14)12(2)17-9-13(18(20)10-19)7-8-16(11)17/h3-9,18H,10H2,1-2H3. The molecule has 0 saturated carbocycles. The first-order chi connectivity index (χ1) is 9.63. The van der Waals surface area contributed by atoms with E-state index in [4.69, 9.17) is 0 Å². The molecule has 20 heavy (non-hydrogen) atoms. The van der Waals surface area contributed by atoms with E-state index in [2.05, 4.69) is 88.2 Å². The van der Waals surface area contributed by atoms with Gasteiger partial charge in [-0.2, -0.15) is 0 Å². The molecular formula is C18H16Br2. The number of aryl methyl sites for hydroxylation is 2. The molecule has 3 aromatic rings. The molecule has 0 amide bonds. The number of hydrogen-bond acceptors (Lipinski definition) is 0. The van der Waals surface area contributed by atoms with Crippen molar-refractivity contribution in [1.29, 1.82) is 0 Å². The van der Waals surface area contributed by atoms with E-state index in [1.54, 1.807) is 0 Å². The molecule has 3 aromatic carbocycles. The second-order valence-electron chi connectivity index (χ2n) is 5.22. The Hall–Kier alpha value is -0.860. The Morgan fingerprint density at radius 1 is 0.850 bits per heavy atom. The number of halogens is 2. The predicted molar refractivity (Wildman–Crippen MR) is 96.4 cm³/mol. The summed E-state index contributed by atoms with van der Waals surface area (Å²) < 4.78 is 0. The van der Waals surface area contributed by atoms with Gasteiger partial charge in [0.1, 0.15) is 0 Å². The van der Waals surface area contributed by atoms with E-state index in [1.165, 1.54) is 38.2 Å². The van der Waals surface area contributed by atoms with Crippen LogP contribution in [-0.2, 0) is 0 Å². The summed E-state index contributed by atoms with van der Waals surface area (Å²) in [5.74, 6) is 0. The topological polar surface area (TPSA) is 0 Å². The Kier molecular flexibility index (Phi) is 3.87. The lowest BCUT2D eigenvalue weighted by atomic mass is 9.92. The number of benzene rings is 3. The van der Waals surface area contributed by atoms with Gasteiger partial charge < -0.3 is 0 Å². The molecule has 0 aromatic heterocycles. The summed E-state index contributed by atoms with van der Waals surface area (Å²) in [5.41, 5.74) is 4.07. The van der Waals surface area contributed by atoms with Gasteiger partial charge in [-0.1, -0.05) is 68.3 Å². The van der Waals surface area contributed by atoms with Crippen molar-refractivity contribution in [2.75, 3.05) is 5.33 Å². The average molecular weight is 392 g/mol. The zero-order chi connectivity index (χ0) is 14.3. The first-order valence-electron chi connectivity index (χ1n) is 6.75. The van der Waals surface area contributed by atoms with E-state index in [9.17, 15) is 0 Å². The van der Waals surface area contributed by atoms with Crippen LogP contribution in [0.4, 0.5) is 0 Å².